The zero-order valence-electron chi connectivity index (χ0n) is 13.1. The number of fused-ring (bicyclic) bond motifs is 1. The zero-order chi connectivity index (χ0) is 17.1. The van der Waals surface area contributed by atoms with Crippen LogP contribution in [0.2, 0.25) is 0 Å². The standard InChI is InChI=1S/C19H16BrN3O/c1-12(2)19(24)23-15-6-7-16-17(8-9-21-18(16)11-15)22-14-5-3-4-13(20)10-14/h3-11H,1H2,2H3,(H,21,22)(H,23,24). The normalized spacial score (nSPS) is 10.4. The third-order valence-corrected chi connectivity index (χ3v) is 3.99. The summed E-state index contributed by atoms with van der Waals surface area (Å²) in [6, 6.07) is 15.5. The molecule has 0 aliphatic rings. The zero-order valence-corrected chi connectivity index (χ0v) is 14.7. The van der Waals surface area contributed by atoms with Gasteiger partial charge in [-0.25, -0.2) is 0 Å². The Bertz CT molecular complexity index is 937. The highest BCUT2D eigenvalue weighted by atomic mass is 79.9. The Morgan fingerprint density at radius 2 is 1.96 bits per heavy atom. The fraction of sp³-hybridized carbons (Fsp3) is 0.0526. The van der Waals surface area contributed by atoms with Crippen LogP contribution in [-0.4, -0.2) is 10.9 Å². The second kappa shape index (κ2) is 6.84. The van der Waals surface area contributed by atoms with Gasteiger partial charge in [0.2, 0.25) is 0 Å². The molecule has 0 radical (unpaired) electrons. The molecule has 1 heterocycles. The van der Waals surface area contributed by atoms with Crippen LogP contribution in [0.4, 0.5) is 17.1 Å². The molecule has 120 valence electrons. The van der Waals surface area contributed by atoms with E-state index in [4.69, 9.17) is 0 Å². The minimum Gasteiger partial charge on any atom is -0.355 e. The SMILES string of the molecule is C=C(C)C(=O)Nc1ccc2c(Nc3cccc(Br)c3)ccnc2c1. The van der Waals surface area contributed by atoms with Crippen molar-refractivity contribution >= 4 is 49.8 Å². The van der Waals surface area contributed by atoms with Crippen molar-refractivity contribution < 1.29 is 4.79 Å². The first kappa shape index (κ1) is 16.2. The van der Waals surface area contributed by atoms with Gasteiger partial charge in [0.1, 0.15) is 0 Å². The van der Waals surface area contributed by atoms with Crippen LogP contribution < -0.4 is 10.6 Å². The average molecular weight is 382 g/mol. The van der Waals surface area contributed by atoms with E-state index in [2.05, 4.69) is 38.1 Å². The summed E-state index contributed by atoms with van der Waals surface area (Å²) in [6.07, 6.45) is 1.74. The summed E-state index contributed by atoms with van der Waals surface area (Å²) in [4.78, 5) is 16.1. The van der Waals surface area contributed by atoms with Gasteiger partial charge in [0.25, 0.3) is 5.91 Å². The Morgan fingerprint density at radius 3 is 2.71 bits per heavy atom. The molecular formula is C19H16BrN3O. The van der Waals surface area contributed by atoms with E-state index >= 15 is 0 Å². The number of rotatable bonds is 4. The molecule has 0 unspecified atom stereocenters. The van der Waals surface area contributed by atoms with E-state index in [9.17, 15) is 4.79 Å². The number of benzene rings is 2. The molecule has 1 aromatic heterocycles. The molecular weight excluding hydrogens is 366 g/mol. The first-order valence-electron chi connectivity index (χ1n) is 7.41. The van der Waals surface area contributed by atoms with Gasteiger partial charge in [0, 0.05) is 38.7 Å². The van der Waals surface area contributed by atoms with E-state index in [0.29, 0.717) is 11.3 Å². The maximum atomic E-state index is 11.7. The molecule has 3 rings (SSSR count). The molecule has 24 heavy (non-hydrogen) atoms. The van der Waals surface area contributed by atoms with Gasteiger partial charge in [-0.3, -0.25) is 9.78 Å². The second-order valence-corrected chi connectivity index (χ2v) is 6.38. The lowest BCUT2D eigenvalue weighted by Gasteiger charge is -2.11. The van der Waals surface area contributed by atoms with E-state index in [1.54, 1.807) is 13.1 Å². The summed E-state index contributed by atoms with van der Waals surface area (Å²) in [6.45, 7) is 5.32. The molecule has 2 aromatic carbocycles. The molecule has 0 saturated heterocycles. The summed E-state index contributed by atoms with van der Waals surface area (Å²) >= 11 is 3.47. The quantitative estimate of drug-likeness (QED) is 0.606. The number of carbonyl (C=O) groups is 1. The van der Waals surface area contributed by atoms with E-state index in [1.807, 2.05) is 48.5 Å². The minimum absolute atomic E-state index is 0.197. The van der Waals surface area contributed by atoms with Crippen molar-refractivity contribution in [3.8, 4) is 0 Å². The summed E-state index contributed by atoms with van der Waals surface area (Å²) in [5.41, 5.74) is 3.90. The number of halogens is 1. The van der Waals surface area contributed by atoms with Crippen LogP contribution in [0.3, 0.4) is 0 Å². The number of hydrogen-bond acceptors (Lipinski definition) is 3. The fourth-order valence-electron chi connectivity index (χ4n) is 2.29. The monoisotopic (exact) mass is 381 g/mol. The maximum absolute atomic E-state index is 11.7. The number of anilines is 3. The first-order chi connectivity index (χ1) is 11.5. The van der Waals surface area contributed by atoms with Gasteiger partial charge in [-0.05, 0) is 49.4 Å². The number of hydrogen-bond donors (Lipinski definition) is 2. The van der Waals surface area contributed by atoms with Gasteiger partial charge >= 0.3 is 0 Å². The molecule has 0 atom stereocenters. The van der Waals surface area contributed by atoms with E-state index in [0.717, 1.165) is 26.8 Å². The number of pyridine rings is 1. The van der Waals surface area contributed by atoms with E-state index in [1.165, 1.54) is 0 Å². The van der Waals surface area contributed by atoms with Crippen LogP contribution in [0.5, 0.6) is 0 Å². The summed E-state index contributed by atoms with van der Waals surface area (Å²) in [5.74, 6) is -0.197. The number of aromatic nitrogens is 1. The van der Waals surface area contributed by atoms with Gasteiger partial charge in [-0.2, -0.15) is 0 Å². The van der Waals surface area contributed by atoms with Crippen molar-refractivity contribution in [2.24, 2.45) is 0 Å². The molecule has 0 saturated carbocycles. The van der Waals surface area contributed by atoms with Crippen molar-refractivity contribution in [2.45, 2.75) is 6.92 Å². The van der Waals surface area contributed by atoms with Gasteiger partial charge in [-0.1, -0.05) is 28.6 Å². The Kier molecular flexibility index (Phi) is 4.62. The van der Waals surface area contributed by atoms with Crippen molar-refractivity contribution in [2.75, 3.05) is 10.6 Å². The van der Waals surface area contributed by atoms with Crippen LogP contribution >= 0.6 is 15.9 Å². The lowest BCUT2D eigenvalue weighted by Crippen LogP contribution is -2.11. The van der Waals surface area contributed by atoms with Crippen molar-refractivity contribution in [3.05, 3.63) is 71.4 Å². The highest BCUT2D eigenvalue weighted by Gasteiger charge is 2.07. The molecule has 4 nitrogen and oxygen atoms in total. The molecule has 0 aliphatic carbocycles. The largest absolute Gasteiger partial charge is 0.355 e. The molecule has 5 heteroatoms. The first-order valence-corrected chi connectivity index (χ1v) is 8.20. The Morgan fingerprint density at radius 1 is 1.12 bits per heavy atom. The van der Waals surface area contributed by atoms with Gasteiger partial charge in [-0.15, -0.1) is 0 Å². The van der Waals surface area contributed by atoms with Crippen LogP contribution in [-0.2, 0) is 4.79 Å². The Hall–Kier alpha value is -2.66. The predicted molar refractivity (Wildman–Crippen MR) is 103 cm³/mol. The number of nitrogens with one attached hydrogen (secondary N) is 2. The molecule has 1 amide bonds. The van der Waals surface area contributed by atoms with E-state index < -0.39 is 0 Å². The van der Waals surface area contributed by atoms with Gasteiger partial charge < -0.3 is 10.6 Å². The second-order valence-electron chi connectivity index (χ2n) is 5.46. The maximum Gasteiger partial charge on any atom is 0.250 e. The fourth-order valence-corrected chi connectivity index (χ4v) is 2.69. The lowest BCUT2D eigenvalue weighted by atomic mass is 10.1. The van der Waals surface area contributed by atoms with Gasteiger partial charge in [0.15, 0.2) is 0 Å². The van der Waals surface area contributed by atoms with Crippen LogP contribution in [0.1, 0.15) is 6.92 Å². The molecule has 0 spiro atoms. The molecule has 3 aromatic rings. The van der Waals surface area contributed by atoms with Crippen molar-refractivity contribution in [3.63, 3.8) is 0 Å². The van der Waals surface area contributed by atoms with Crippen LogP contribution in [0.15, 0.2) is 71.4 Å². The van der Waals surface area contributed by atoms with Crippen molar-refractivity contribution in [1.29, 1.82) is 0 Å². The highest BCUT2D eigenvalue weighted by molar-refractivity contribution is 9.10. The number of amides is 1. The Balaban J connectivity index is 1.93. The topological polar surface area (TPSA) is 54.0 Å². The summed E-state index contributed by atoms with van der Waals surface area (Å²) in [5, 5.41) is 7.18. The van der Waals surface area contributed by atoms with Crippen LogP contribution in [0.25, 0.3) is 10.9 Å². The highest BCUT2D eigenvalue weighted by Crippen LogP contribution is 2.28. The minimum atomic E-state index is -0.197. The smallest absolute Gasteiger partial charge is 0.250 e. The Labute approximate surface area is 148 Å². The third kappa shape index (κ3) is 3.63. The molecule has 2 N–H and O–H groups in total. The van der Waals surface area contributed by atoms with Crippen molar-refractivity contribution in [1.82, 2.24) is 4.98 Å². The molecule has 0 bridgehead atoms. The third-order valence-electron chi connectivity index (χ3n) is 3.49. The van der Waals surface area contributed by atoms with Gasteiger partial charge in [0.05, 0.1) is 5.52 Å². The number of carbonyl (C=O) groups excluding carboxylic acids is 1. The lowest BCUT2D eigenvalue weighted by molar-refractivity contribution is -0.112. The average Bonchev–Trinajstić information content (AvgIpc) is 2.55. The summed E-state index contributed by atoms with van der Waals surface area (Å²) < 4.78 is 1.01. The summed E-state index contributed by atoms with van der Waals surface area (Å²) in [7, 11) is 0. The van der Waals surface area contributed by atoms with Crippen LogP contribution in [0, 0.1) is 0 Å². The molecule has 0 aliphatic heterocycles. The number of nitrogens with zero attached hydrogens (tertiary/aromatic N) is 1. The van der Waals surface area contributed by atoms with E-state index in [-0.39, 0.29) is 5.91 Å². The predicted octanol–water partition coefficient (Wildman–Crippen LogP) is 5.26. The molecule has 0 fully saturated rings.